The zero-order chi connectivity index (χ0) is 8.91. The van der Waals surface area contributed by atoms with Crippen molar-refractivity contribution in [2.75, 3.05) is 13.6 Å². The number of hydrogen-bond donors (Lipinski definition) is 1. The van der Waals surface area contributed by atoms with Gasteiger partial charge in [0.05, 0.1) is 0 Å². The van der Waals surface area contributed by atoms with E-state index >= 15 is 0 Å². The molecule has 0 aromatic rings. The van der Waals surface area contributed by atoms with Gasteiger partial charge in [-0.15, -0.1) is 6.42 Å². The Morgan fingerprint density at radius 1 is 1.82 bits per heavy atom. The van der Waals surface area contributed by atoms with E-state index in [9.17, 15) is 9.90 Å². The standard InChI is InChI=1S/C8H13NO2/c1-4-8(2,11)5-6-9(3)7-10/h1,7,11H,5-6H2,2-3H3/t8-/m0/s1. The van der Waals surface area contributed by atoms with E-state index in [4.69, 9.17) is 6.42 Å². The smallest absolute Gasteiger partial charge is 0.209 e. The van der Waals surface area contributed by atoms with Crippen LogP contribution in [0.4, 0.5) is 0 Å². The van der Waals surface area contributed by atoms with Gasteiger partial charge in [0.15, 0.2) is 0 Å². The second-order valence-electron chi connectivity index (χ2n) is 2.75. The van der Waals surface area contributed by atoms with Crippen LogP contribution in [0.5, 0.6) is 0 Å². The van der Waals surface area contributed by atoms with Crippen LogP contribution in [0.25, 0.3) is 0 Å². The molecule has 0 unspecified atom stereocenters. The van der Waals surface area contributed by atoms with Gasteiger partial charge in [-0.3, -0.25) is 4.79 Å². The van der Waals surface area contributed by atoms with Crippen molar-refractivity contribution in [2.24, 2.45) is 0 Å². The van der Waals surface area contributed by atoms with Crippen LogP contribution in [0.3, 0.4) is 0 Å². The van der Waals surface area contributed by atoms with Gasteiger partial charge in [0, 0.05) is 20.0 Å². The molecule has 11 heavy (non-hydrogen) atoms. The summed E-state index contributed by atoms with van der Waals surface area (Å²) in [5.41, 5.74) is -1.10. The lowest BCUT2D eigenvalue weighted by Crippen LogP contribution is -2.28. The first-order valence-corrected chi connectivity index (χ1v) is 3.37. The molecule has 1 N–H and O–H groups in total. The minimum absolute atomic E-state index is 0.402. The molecule has 0 aromatic carbocycles. The van der Waals surface area contributed by atoms with Gasteiger partial charge in [0.25, 0.3) is 0 Å². The molecule has 0 aliphatic carbocycles. The summed E-state index contributed by atoms with van der Waals surface area (Å²) in [4.78, 5) is 11.5. The van der Waals surface area contributed by atoms with Gasteiger partial charge >= 0.3 is 0 Å². The quantitative estimate of drug-likeness (QED) is 0.453. The van der Waals surface area contributed by atoms with Crippen molar-refractivity contribution in [3.8, 4) is 12.3 Å². The van der Waals surface area contributed by atoms with Gasteiger partial charge in [-0.25, -0.2) is 0 Å². The SMILES string of the molecule is C#C[C@](C)(O)CCN(C)C=O. The van der Waals surface area contributed by atoms with Gasteiger partial charge < -0.3 is 10.0 Å². The lowest BCUT2D eigenvalue weighted by molar-refractivity contribution is -0.117. The minimum atomic E-state index is -1.10. The summed E-state index contributed by atoms with van der Waals surface area (Å²) < 4.78 is 0. The lowest BCUT2D eigenvalue weighted by Gasteiger charge is -2.18. The van der Waals surface area contributed by atoms with E-state index in [0.29, 0.717) is 19.4 Å². The number of carbonyl (C=O) groups excluding carboxylic acids is 1. The molecule has 0 bridgehead atoms. The van der Waals surface area contributed by atoms with Crippen LogP contribution in [0, 0.1) is 12.3 Å². The van der Waals surface area contributed by atoms with Crippen LogP contribution in [-0.4, -0.2) is 35.6 Å². The second-order valence-corrected chi connectivity index (χ2v) is 2.75. The number of carbonyl (C=O) groups is 1. The van der Waals surface area contributed by atoms with Crippen molar-refractivity contribution in [3.05, 3.63) is 0 Å². The topological polar surface area (TPSA) is 40.5 Å². The zero-order valence-corrected chi connectivity index (χ0v) is 6.87. The molecule has 0 aliphatic heterocycles. The third-order valence-electron chi connectivity index (χ3n) is 1.44. The third kappa shape index (κ3) is 4.40. The summed E-state index contributed by atoms with van der Waals surface area (Å²) in [6.07, 6.45) is 6.13. The Morgan fingerprint density at radius 3 is 2.73 bits per heavy atom. The number of rotatable bonds is 4. The van der Waals surface area contributed by atoms with Gasteiger partial charge in [0.2, 0.25) is 6.41 Å². The molecule has 0 spiro atoms. The molecule has 0 rings (SSSR count). The first kappa shape index (κ1) is 9.99. The third-order valence-corrected chi connectivity index (χ3v) is 1.44. The van der Waals surface area contributed by atoms with Gasteiger partial charge in [-0.2, -0.15) is 0 Å². The zero-order valence-electron chi connectivity index (χ0n) is 6.87. The first-order chi connectivity index (χ1) is 5.02. The van der Waals surface area contributed by atoms with Crippen LogP contribution in [0.2, 0.25) is 0 Å². The normalized spacial score (nSPS) is 14.7. The number of terminal acetylenes is 1. The summed E-state index contributed by atoms with van der Waals surface area (Å²) in [5, 5.41) is 9.29. The van der Waals surface area contributed by atoms with Crippen LogP contribution in [0.15, 0.2) is 0 Å². The summed E-state index contributed by atoms with van der Waals surface area (Å²) in [5.74, 6) is 2.23. The molecule has 0 radical (unpaired) electrons. The van der Waals surface area contributed by atoms with Crippen LogP contribution in [0.1, 0.15) is 13.3 Å². The molecule has 0 saturated carbocycles. The summed E-state index contributed by atoms with van der Waals surface area (Å²) in [6.45, 7) is 2.02. The van der Waals surface area contributed by atoms with Crippen LogP contribution in [-0.2, 0) is 4.79 Å². The molecule has 3 heteroatoms. The Bertz CT molecular complexity index is 169. The minimum Gasteiger partial charge on any atom is -0.378 e. The Labute approximate surface area is 67.0 Å². The Balaban J connectivity index is 3.71. The Morgan fingerprint density at radius 2 is 2.36 bits per heavy atom. The van der Waals surface area contributed by atoms with Crippen molar-refractivity contribution in [1.29, 1.82) is 0 Å². The van der Waals surface area contributed by atoms with E-state index in [1.54, 1.807) is 14.0 Å². The van der Waals surface area contributed by atoms with E-state index in [2.05, 4.69) is 5.92 Å². The highest BCUT2D eigenvalue weighted by Gasteiger charge is 2.15. The van der Waals surface area contributed by atoms with Crippen molar-refractivity contribution >= 4 is 6.41 Å². The maximum atomic E-state index is 10.1. The average Bonchev–Trinajstić information content (AvgIpc) is 2.00. The summed E-state index contributed by atoms with van der Waals surface area (Å²) in [7, 11) is 1.64. The fraction of sp³-hybridized carbons (Fsp3) is 0.625. The van der Waals surface area contributed by atoms with E-state index in [0.717, 1.165) is 0 Å². The molecule has 1 amide bonds. The van der Waals surface area contributed by atoms with Gasteiger partial charge in [0.1, 0.15) is 5.60 Å². The van der Waals surface area contributed by atoms with Crippen LogP contribution < -0.4 is 0 Å². The van der Waals surface area contributed by atoms with Crippen molar-refractivity contribution < 1.29 is 9.90 Å². The monoisotopic (exact) mass is 155 g/mol. The summed E-state index contributed by atoms with van der Waals surface area (Å²) in [6, 6.07) is 0. The molecule has 0 fully saturated rings. The second kappa shape index (κ2) is 3.99. The highest BCUT2D eigenvalue weighted by molar-refractivity contribution is 5.46. The van der Waals surface area contributed by atoms with Crippen molar-refractivity contribution in [3.63, 3.8) is 0 Å². The first-order valence-electron chi connectivity index (χ1n) is 3.37. The fourth-order valence-corrected chi connectivity index (χ4v) is 0.519. The van der Waals surface area contributed by atoms with Gasteiger partial charge in [-0.1, -0.05) is 5.92 Å². The number of hydrogen-bond acceptors (Lipinski definition) is 2. The molecule has 0 heterocycles. The Kier molecular flexibility index (Phi) is 3.63. The lowest BCUT2D eigenvalue weighted by atomic mass is 10.0. The number of nitrogens with zero attached hydrogens (tertiary/aromatic N) is 1. The average molecular weight is 155 g/mol. The predicted octanol–water partition coefficient (Wildman–Crippen LogP) is -0.151. The largest absolute Gasteiger partial charge is 0.378 e. The molecule has 0 saturated heterocycles. The van der Waals surface area contributed by atoms with E-state index in [1.165, 1.54) is 4.90 Å². The molecule has 0 aromatic heterocycles. The van der Waals surface area contributed by atoms with Crippen LogP contribution >= 0.6 is 0 Å². The van der Waals surface area contributed by atoms with E-state index in [-0.39, 0.29) is 0 Å². The molecule has 62 valence electrons. The Hall–Kier alpha value is -1.01. The number of aliphatic hydroxyl groups is 1. The molecule has 3 nitrogen and oxygen atoms in total. The number of amides is 1. The van der Waals surface area contributed by atoms with Gasteiger partial charge in [-0.05, 0) is 6.92 Å². The maximum absolute atomic E-state index is 10.1. The fourth-order valence-electron chi connectivity index (χ4n) is 0.519. The molecular weight excluding hydrogens is 142 g/mol. The predicted molar refractivity (Wildman–Crippen MR) is 42.8 cm³/mol. The summed E-state index contributed by atoms with van der Waals surface area (Å²) >= 11 is 0. The van der Waals surface area contributed by atoms with Crippen molar-refractivity contribution in [2.45, 2.75) is 18.9 Å². The van der Waals surface area contributed by atoms with E-state index in [1.807, 2.05) is 0 Å². The molecule has 1 atom stereocenters. The highest BCUT2D eigenvalue weighted by atomic mass is 16.3. The maximum Gasteiger partial charge on any atom is 0.209 e. The molecule has 0 aliphatic rings. The highest BCUT2D eigenvalue weighted by Crippen LogP contribution is 2.06. The molecular formula is C8H13NO2. The van der Waals surface area contributed by atoms with Crippen molar-refractivity contribution in [1.82, 2.24) is 4.90 Å². The van der Waals surface area contributed by atoms with E-state index < -0.39 is 5.60 Å².